The van der Waals surface area contributed by atoms with Crippen LogP contribution in [0.3, 0.4) is 0 Å². The molecular weight excluding hydrogens is 220 g/mol. The number of hydrogen-bond donors (Lipinski definition) is 2. The fraction of sp³-hybridized carbons (Fsp3) is 0.750. The Labute approximate surface area is 92.0 Å². The Kier molecular flexibility index (Phi) is 4.70. The molecule has 6 nitrogen and oxygen atoms in total. The van der Waals surface area contributed by atoms with Gasteiger partial charge in [0.05, 0.1) is 12.5 Å². The number of amides is 2. The van der Waals surface area contributed by atoms with Crippen LogP contribution in [0.4, 0.5) is 4.79 Å². The number of carboxylic acid groups (broad SMARTS) is 1. The van der Waals surface area contributed by atoms with Crippen molar-refractivity contribution in [3.05, 3.63) is 0 Å². The number of nitrogens with one attached hydrogen (secondary N) is 1. The highest BCUT2D eigenvalue weighted by Gasteiger charge is 2.34. The molecule has 1 fully saturated rings. The molecule has 0 aromatic heterocycles. The Bertz CT molecular complexity index is 249. The molecule has 1 unspecified atom stereocenters. The molecule has 7 heteroatoms. The van der Waals surface area contributed by atoms with E-state index in [-0.39, 0.29) is 6.03 Å². The molecule has 1 aliphatic heterocycles. The number of nitrogens with zero attached hydrogens (tertiary/aromatic N) is 1. The molecule has 1 atom stereocenters. The van der Waals surface area contributed by atoms with Gasteiger partial charge in [-0.1, -0.05) is 0 Å². The van der Waals surface area contributed by atoms with Crippen molar-refractivity contribution >= 4 is 23.8 Å². The van der Waals surface area contributed by atoms with Crippen molar-refractivity contribution in [3.8, 4) is 0 Å². The van der Waals surface area contributed by atoms with Crippen LogP contribution in [0.1, 0.15) is 0 Å². The maximum atomic E-state index is 11.5. The van der Waals surface area contributed by atoms with Gasteiger partial charge in [0.25, 0.3) is 0 Å². The summed E-state index contributed by atoms with van der Waals surface area (Å²) in [6, 6.07) is -1.05. The SMILES string of the molecule is COCCNC(=O)N1CSCC1C(=O)O. The molecule has 2 amide bonds. The Morgan fingerprint density at radius 3 is 3.00 bits per heavy atom. The van der Waals surface area contributed by atoms with Gasteiger partial charge >= 0.3 is 12.0 Å². The number of ether oxygens (including phenoxy) is 1. The van der Waals surface area contributed by atoms with E-state index in [0.717, 1.165) is 0 Å². The number of urea groups is 1. The Morgan fingerprint density at radius 1 is 1.67 bits per heavy atom. The van der Waals surface area contributed by atoms with Crippen molar-refractivity contribution in [2.75, 3.05) is 31.9 Å². The molecule has 0 radical (unpaired) electrons. The summed E-state index contributed by atoms with van der Waals surface area (Å²) in [7, 11) is 1.54. The quantitative estimate of drug-likeness (QED) is 0.659. The van der Waals surface area contributed by atoms with Crippen LogP contribution in [-0.2, 0) is 9.53 Å². The molecule has 0 aromatic rings. The fourth-order valence-electron chi connectivity index (χ4n) is 1.21. The van der Waals surface area contributed by atoms with Crippen LogP contribution in [0.25, 0.3) is 0 Å². The largest absolute Gasteiger partial charge is 0.480 e. The molecular formula is C8H14N2O4S. The third-order valence-corrected chi connectivity index (χ3v) is 3.02. The molecule has 15 heavy (non-hydrogen) atoms. The van der Waals surface area contributed by atoms with E-state index in [4.69, 9.17) is 9.84 Å². The van der Waals surface area contributed by atoms with Gasteiger partial charge in [0, 0.05) is 19.4 Å². The maximum Gasteiger partial charge on any atom is 0.327 e. The van der Waals surface area contributed by atoms with Crippen molar-refractivity contribution in [2.45, 2.75) is 6.04 Å². The summed E-state index contributed by atoms with van der Waals surface area (Å²) in [6.45, 7) is 0.813. The van der Waals surface area contributed by atoms with Crippen molar-refractivity contribution in [1.29, 1.82) is 0 Å². The van der Waals surface area contributed by atoms with E-state index in [1.807, 2.05) is 0 Å². The summed E-state index contributed by atoms with van der Waals surface area (Å²) >= 11 is 1.44. The van der Waals surface area contributed by atoms with E-state index < -0.39 is 12.0 Å². The number of aliphatic carboxylic acids is 1. The van der Waals surface area contributed by atoms with Gasteiger partial charge in [-0.2, -0.15) is 0 Å². The number of rotatable bonds is 4. The molecule has 2 N–H and O–H groups in total. The van der Waals surface area contributed by atoms with Gasteiger partial charge in [0.1, 0.15) is 6.04 Å². The lowest BCUT2D eigenvalue weighted by Crippen LogP contribution is -2.47. The molecule has 0 aliphatic carbocycles. The Balaban J connectivity index is 2.40. The number of methoxy groups -OCH3 is 1. The molecule has 1 rings (SSSR count). The first-order valence-electron chi connectivity index (χ1n) is 4.50. The van der Waals surface area contributed by atoms with E-state index in [1.54, 1.807) is 0 Å². The van der Waals surface area contributed by atoms with Gasteiger partial charge in [-0.15, -0.1) is 11.8 Å². The average molecular weight is 234 g/mol. The van der Waals surface area contributed by atoms with Crippen molar-refractivity contribution in [3.63, 3.8) is 0 Å². The highest BCUT2D eigenvalue weighted by molar-refractivity contribution is 7.99. The number of thioether (sulfide) groups is 1. The first-order chi connectivity index (χ1) is 7.16. The number of carboxylic acids is 1. The Morgan fingerprint density at radius 2 is 2.40 bits per heavy atom. The van der Waals surface area contributed by atoms with Gasteiger partial charge in [-0.3, -0.25) is 0 Å². The molecule has 1 aliphatic rings. The van der Waals surface area contributed by atoms with Crippen LogP contribution in [0.5, 0.6) is 0 Å². The standard InChI is InChI=1S/C8H14N2O4S/c1-14-3-2-9-8(13)10-5-15-4-6(10)7(11)12/h6H,2-5H2,1H3,(H,9,13)(H,11,12). The normalized spacial score (nSPS) is 20.3. The average Bonchev–Trinajstić information content (AvgIpc) is 2.66. The topological polar surface area (TPSA) is 78.9 Å². The van der Waals surface area contributed by atoms with Crippen molar-refractivity contribution < 1.29 is 19.4 Å². The first-order valence-corrected chi connectivity index (χ1v) is 5.66. The smallest absolute Gasteiger partial charge is 0.327 e. The predicted molar refractivity (Wildman–Crippen MR) is 55.9 cm³/mol. The van der Waals surface area contributed by atoms with Crippen LogP contribution in [-0.4, -0.2) is 59.9 Å². The minimum atomic E-state index is -0.957. The van der Waals surface area contributed by atoms with Crippen LogP contribution < -0.4 is 5.32 Å². The highest BCUT2D eigenvalue weighted by atomic mass is 32.2. The summed E-state index contributed by atoms with van der Waals surface area (Å²) < 4.78 is 4.77. The molecule has 0 bridgehead atoms. The van der Waals surface area contributed by atoms with E-state index in [9.17, 15) is 9.59 Å². The summed E-state index contributed by atoms with van der Waals surface area (Å²) in [6.07, 6.45) is 0. The lowest BCUT2D eigenvalue weighted by molar-refractivity contribution is -0.140. The van der Waals surface area contributed by atoms with Crippen LogP contribution in [0, 0.1) is 0 Å². The zero-order chi connectivity index (χ0) is 11.3. The van der Waals surface area contributed by atoms with Gasteiger partial charge in [0.2, 0.25) is 0 Å². The monoisotopic (exact) mass is 234 g/mol. The number of hydrogen-bond acceptors (Lipinski definition) is 4. The summed E-state index contributed by atoms with van der Waals surface area (Å²) in [5.74, 6) is -0.0788. The lowest BCUT2D eigenvalue weighted by Gasteiger charge is -2.20. The zero-order valence-electron chi connectivity index (χ0n) is 8.43. The molecule has 0 saturated carbocycles. The molecule has 0 aromatic carbocycles. The van der Waals surface area contributed by atoms with Crippen molar-refractivity contribution in [2.24, 2.45) is 0 Å². The fourth-order valence-corrected chi connectivity index (χ4v) is 2.35. The minimum Gasteiger partial charge on any atom is -0.480 e. The van der Waals surface area contributed by atoms with Crippen LogP contribution in [0.15, 0.2) is 0 Å². The van der Waals surface area contributed by atoms with E-state index in [2.05, 4.69) is 5.32 Å². The second kappa shape index (κ2) is 5.82. The predicted octanol–water partition coefficient (Wildman–Crippen LogP) is -0.198. The Hall–Kier alpha value is -0.950. The third kappa shape index (κ3) is 3.28. The second-order valence-electron chi connectivity index (χ2n) is 3.05. The van der Waals surface area contributed by atoms with Gasteiger partial charge < -0.3 is 20.1 Å². The van der Waals surface area contributed by atoms with E-state index >= 15 is 0 Å². The summed E-state index contributed by atoms with van der Waals surface area (Å²) in [5, 5.41) is 11.4. The van der Waals surface area contributed by atoms with Gasteiger partial charge in [-0.25, -0.2) is 9.59 Å². The van der Waals surface area contributed by atoms with Gasteiger partial charge in [0.15, 0.2) is 0 Å². The molecule has 0 spiro atoms. The van der Waals surface area contributed by atoms with E-state index in [1.165, 1.54) is 23.8 Å². The second-order valence-corrected chi connectivity index (χ2v) is 4.05. The zero-order valence-corrected chi connectivity index (χ0v) is 9.25. The molecule has 1 saturated heterocycles. The van der Waals surface area contributed by atoms with Crippen LogP contribution >= 0.6 is 11.8 Å². The van der Waals surface area contributed by atoms with Crippen LogP contribution in [0.2, 0.25) is 0 Å². The summed E-state index contributed by atoms with van der Waals surface area (Å²) in [5.41, 5.74) is 0. The summed E-state index contributed by atoms with van der Waals surface area (Å²) in [4.78, 5) is 23.6. The lowest BCUT2D eigenvalue weighted by atomic mass is 10.3. The number of carbonyl (C=O) groups is 2. The third-order valence-electron chi connectivity index (χ3n) is 2.01. The number of carbonyl (C=O) groups excluding carboxylic acids is 1. The molecule has 1 heterocycles. The first kappa shape index (κ1) is 12.1. The maximum absolute atomic E-state index is 11.5. The van der Waals surface area contributed by atoms with Crippen molar-refractivity contribution in [1.82, 2.24) is 10.2 Å². The van der Waals surface area contributed by atoms with E-state index in [0.29, 0.717) is 24.8 Å². The van der Waals surface area contributed by atoms with Gasteiger partial charge in [-0.05, 0) is 0 Å². The molecule has 86 valence electrons. The minimum absolute atomic E-state index is 0.343. The highest BCUT2D eigenvalue weighted by Crippen LogP contribution is 2.20.